The molecule has 2 rings (SSSR count). The molecule has 0 fully saturated rings. The second-order valence-corrected chi connectivity index (χ2v) is 6.21. The van der Waals surface area contributed by atoms with Crippen LogP contribution in [0.25, 0.3) is 0 Å². The molecule has 0 saturated heterocycles. The van der Waals surface area contributed by atoms with Crippen LogP contribution in [0.5, 0.6) is 0 Å². The van der Waals surface area contributed by atoms with E-state index in [0.717, 1.165) is 44.2 Å². The third-order valence-corrected chi connectivity index (χ3v) is 5.17. The zero-order valence-corrected chi connectivity index (χ0v) is 13.1. The first-order chi connectivity index (χ1) is 10.1. The molecule has 0 radical (unpaired) electrons. The summed E-state index contributed by atoms with van der Waals surface area (Å²) in [4.78, 5) is 12.4. The normalized spacial score (nSPS) is 18.3. The first kappa shape index (κ1) is 16.0. The summed E-state index contributed by atoms with van der Waals surface area (Å²) in [6.45, 7) is 5.09. The molecule has 0 spiro atoms. The molecule has 1 aromatic heterocycles. The Kier molecular flexibility index (Phi) is 5.39. The number of fused-ring (bicyclic) bond motifs is 1. The van der Waals surface area contributed by atoms with Crippen LogP contribution in [-0.2, 0) is 17.6 Å². The number of hydrogen-bond donors (Lipinski definition) is 3. The Hall–Kier alpha value is -1.36. The van der Waals surface area contributed by atoms with Gasteiger partial charge in [0.2, 0.25) is 5.91 Å². The van der Waals surface area contributed by atoms with Crippen molar-refractivity contribution >= 4 is 5.91 Å². The van der Waals surface area contributed by atoms with Gasteiger partial charge >= 0.3 is 0 Å². The van der Waals surface area contributed by atoms with Crippen molar-refractivity contribution in [1.29, 1.82) is 0 Å². The van der Waals surface area contributed by atoms with Crippen LogP contribution in [-0.4, -0.2) is 34.4 Å². The predicted molar refractivity (Wildman–Crippen MR) is 81.8 cm³/mol. The Labute approximate surface area is 126 Å². The van der Waals surface area contributed by atoms with Crippen molar-refractivity contribution in [3.63, 3.8) is 0 Å². The summed E-state index contributed by atoms with van der Waals surface area (Å²) in [5.41, 5.74) is 2.38. The third kappa shape index (κ3) is 3.64. The molecule has 5 nitrogen and oxygen atoms in total. The summed E-state index contributed by atoms with van der Waals surface area (Å²) in [7, 11) is 0. The number of aromatic nitrogens is 2. The van der Waals surface area contributed by atoms with Crippen LogP contribution >= 0.6 is 0 Å². The van der Waals surface area contributed by atoms with Gasteiger partial charge in [0.25, 0.3) is 0 Å². The number of H-pyrrole nitrogens is 1. The largest absolute Gasteiger partial charge is 0.396 e. The van der Waals surface area contributed by atoms with Crippen molar-refractivity contribution in [2.24, 2.45) is 11.3 Å². The average Bonchev–Trinajstić information content (AvgIpc) is 2.98. The Balaban J connectivity index is 1.90. The van der Waals surface area contributed by atoms with Gasteiger partial charge in [-0.05, 0) is 43.1 Å². The number of carbonyl (C=O) groups excluding carboxylic acids is 1. The molecular weight excluding hydrogens is 266 g/mol. The minimum atomic E-state index is 0.0260. The number of amides is 1. The highest BCUT2D eigenvalue weighted by Gasteiger charge is 2.29. The molecule has 1 aliphatic rings. The van der Waals surface area contributed by atoms with E-state index in [1.807, 2.05) is 6.20 Å². The third-order valence-electron chi connectivity index (χ3n) is 5.17. The van der Waals surface area contributed by atoms with E-state index in [9.17, 15) is 9.90 Å². The maximum Gasteiger partial charge on any atom is 0.223 e. The van der Waals surface area contributed by atoms with Gasteiger partial charge in [-0.1, -0.05) is 13.8 Å². The summed E-state index contributed by atoms with van der Waals surface area (Å²) in [5.74, 6) is 0.179. The average molecular weight is 293 g/mol. The van der Waals surface area contributed by atoms with E-state index in [4.69, 9.17) is 0 Å². The zero-order valence-electron chi connectivity index (χ0n) is 13.1. The number of aliphatic hydroxyl groups excluding tert-OH is 1. The van der Waals surface area contributed by atoms with Gasteiger partial charge in [0.05, 0.1) is 6.20 Å². The molecule has 0 aliphatic heterocycles. The highest BCUT2D eigenvalue weighted by molar-refractivity contribution is 5.79. The zero-order chi connectivity index (χ0) is 15.3. The summed E-state index contributed by atoms with van der Waals surface area (Å²) in [5, 5.41) is 19.4. The Morgan fingerprint density at radius 3 is 2.95 bits per heavy atom. The monoisotopic (exact) mass is 293 g/mol. The van der Waals surface area contributed by atoms with E-state index >= 15 is 0 Å². The summed E-state index contributed by atoms with van der Waals surface area (Å²) in [6.07, 6.45) is 7.13. The molecule has 1 atom stereocenters. The minimum Gasteiger partial charge on any atom is -0.396 e. The van der Waals surface area contributed by atoms with E-state index in [0.29, 0.717) is 6.54 Å². The lowest BCUT2D eigenvalue weighted by molar-refractivity contribution is -0.126. The lowest BCUT2D eigenvalue weighted by Gasteiger charge is -2.32. The van der Waals surface area contributed by atoms with Crippen LogP contribution in [0.4, 0.5) is 0 Å². The lowest BCUT2D eigenvalue weighted by Crippen LogP contribution is -2.41. The lowest BCUT2D eigenvalue weighted by atomic mass is 9.79. The molecular formula is C16H27N3O2. The van der Waals surface area contributed by atoms with E-state index in [-0.39, 0.29) is 23.8 Å². The Morgan fingerprint density at radius 1 is 1.52 bits per heavy atom. The number of rotatable bonds is 7. The fourth-order valence-electron chi connectivity index (χ4n) is 3.23. The number of nitrogens with one attached hydrogen (secondary N) is 2. The maximum absolute atomic E-state index is 12.4. The number of carbonyl (C=O) groups is 1. The van der Waals surface area contributed by atoms with Crippen LogP contribution in [0.15, 0.2) is 6.20 Å². The van der Waals surface area contributed by atoms with Crippen molar-refractivity contribution < 1.29 is 9.90 Å². The fourth-order valence-corrected chi connectivity index (χ4v) is 3.23. The van der Waals surface area contributed by atoms with Crippen molar-refractivity contribution in [3.05, 3.63) is 17.5 Å². The van der Waals surface area contributed by atoms with Crippen molar-refractivity contribution in [1.82, 2.24) is 15.5 Å². The summed E-state index contributed by atoms with van der Waals surface area (Å²) < 4.78 is 0. The number of aromatic amines is 1. The second kappa shape index (κ2) is 7.07. The quantitative estimate of drug-likeness (QED) is 0.717. The highest BCUT2D eigenvalue weighted by atomic mass is 16.3. The molecule has 3 N–H and O–H groups in total. The predicted octanol–water partition coefficient (Wildman–Crippen LogP) is 1.82. The van der Waals surface area contributed by atoms with E-state index in [2.05, 4.69) is 29.4 Å². The van der Waals surface area contributed by atoms with Gasteiger partial charge in [-0.25, -0.2) is 0 Å². The first-order valence-corrected chi connectivity index (χ1v) is 8.04. The van der Waals surface area contributed by atoms with Gasteiger partial charge in [-0.3, -0.25) is 9.89 Å². The Morgan fingerprint density at radius 2 is 2.29 bits per heavy atom. The molecule has 0 bridgehead atoms. The van der Waals surface area contributed by atoms with E-state index in [1.165, 1.54) is 5.56 Å². The topological polar surface area (TPSA) is 78.0 Å². The van der Waals surface area contributed by atoms with E-state index < -0.39 is 0 Å². The number of aliphatic hydroxyl groups is 1. The van der Waals surface area contributed by atoms with Crippen molar-refractivity contribution in [3.8, 4) is 0 Å². The van der Waals surface area contributed by atoms with Gasteiger partial charge in [-0.2, -0.15) is 5.10 Å². The maximum atomic E-state index is 12.4. The van der Waals surface area contributed by atoms with Crippen molar-refractivity contribution in [2.75, 3.05) is 13.2 Å². The van der Waals surface area contributed by atoms with Gasteiger partial charge in [-0.15, -0.1) is 0 Å². The first-order valence-electron chi connectivity index (χ1n) is 8.04. The molecule has 0 aromatic carbocycles. The smallest absolute Gasteiger partial charge is 0.223 e. The van der Waals surface area contributed by atoms with Crippen LogP contribution < -0.4 is 5.32 Å². The van der Waals surface area contributed by atoms with Crippen LogP contribution in [0.1, 0.15) is 50.8 Å². The summed E-state index contributed by atoms with van der Waals surface area (Å²) >= 11 is 0. The molecule has 1 aromatic rings. The van der Waals surface area contributed by atoms with Crippen LogP contribution in [0, 0.1) is 11.3 Å². The standard InChI is InChI=1S/C16H27N3O2/c1-3-16(4-2,7-8-20)11-17-15(21)12-5-6-13-10-18-19-14(13)9-12/h10,12,20H,3-9,11H2,1-2H3,(H,17,21)(H,18,19). The SMILES string of the molecule is CCC(CC)(CCO)CNC(=O)C1CCc2cn[nH]c2C1. The highest BCUT2D eigenvalue weighted by Crippen LogP contribution is 2.30. The molecule has 1 aliphatic carbocycles. The number of hydrogen-bond acceptors (Lipinski definition) is 3. The molecule has 118 valence electrons. The molecule has 21 heavy (non-hydrogen) atoms. The Bertz CT molecular complexity index is 466. The fraction of sp³-hybridized carbons (Fsp3) is 0.750. The van der Waals surface area contributed by atoms with Gasteiger partial charge in [0.1, 0.15) is 0 Å². The number of nitrogens with zero attached hydrogens (tertiary/aromatic N) is 1. The van der Waals surface area contributed by atoms with E-state index in [1.54, 1.807) is 0 Å². The van der Waals surface area contributed by atoms with Crippen LogP contribution in [0.3, 0.4) is 0 Å². The van der Waals surface area contributed by atoms with Gasteiger partial charge in [0, 0.05) is 31.2 Å². The molecule has 1 amide bonds. The van der Waals surface area contributed by atoms with Crippen molar-refractivity contribution in [2.45, 2.75) is 52.4 Å². The van der Waals surface area contributed by atoms with Crippen LogP contribution in [0.2, 0.25) is 0 Å². The number of aryl methyl sites for hydroxylation is 1. The summed E-state index contributed by atoms with van der Waals surface area (Å²) in [6, 6.07) is 0. The van der Waals surface area contributed by atoms with Gasteiger partial charge < -0.3 is 10.4 Å². The van der Waals surface area contributed by atoms with Gasteiger partial charge in [0.15, 0.2) is 0 Å². The molecule has 5 heteroatoms. The molecule has 1 unspecified atom stereocenters. The molecule has 1 heterocycles. The second-order valence-electron chi connectivity index (χ2n) is 6.21. The molecule has 0 saturated carbocycles. The minimum absolute atomic E-state index is 0.0260.